The number of nitrogens with two attached hydrogens (primary N) is 1. The van der Waals surface area contributed by atoms with E-state index in [2.05, 4.69) is 10.6 Å². The first kappa shape index (κ1) is 17.4. The van der Waals surface area contributed by atoms with Crippen molar-refractivity contribution in [1.29, 1.82) is 0 Å². The van der Waals surface area contributed by atoms with Crippen LogP contribution in [0, 0.1) is 5.92 Å². The molecule has 1 rings (SSSR count). The summed E-state index contributed by atoms with van der Waals surface area (Å²) in [5.74, 6) is -0.470. The summed E-state index contributed by atoms with van der Waals surface area (Å²) in [6, 6.07) is 6.75. The molecule has 1 aromatic carbocycles. The molecular weight excluding hydrogens is 266 g/mol. The van der Waals surface area contributed by atoms with E-state index in [0.717, 1.165) is 0 Å². The van der Waals surface area contributed by atoms with E-state index in [9.17, 15) is 9.59 Å². The third-order valence-electron chi connectivity index (χ3n) is 2.55. The number of carbonyl (C=O) groups excluding carboxylic acids is 2. The van der Waals surface area contributed by atoms with Crippen LogP contribution in [0.15, 0.2) is 24.3 Å². The van der Waals surface area contributed by atoms with Crippen LogP contribution in [-0.2, 0) is 4.79 Å². The van der Waals surface area contributed by atoms with E-state index < -0.39 is 0 Å². The molecule has 0 aliphatic carbocycles. The van der Waals surface area contributed by atoms with Gasteiger partial charge in [0.1, 0.15) is 0 Å². The van der Waals surface area contributed by atoms with E-state index in [-0.39, 0.29) is 30.1 Å². The fourth-order valence-electron chi connectivity index (χ4n) is 1.34. The monoisotopic (exact) mass is 285 g/mol. The number of benzene rings is 1. The molecule has 0 radical (unpaired) electrons. The van der Waals surface area contributed by atoms with Gasteiger partial charge < -0.3 is 16.4 Å². The highest BCUT2D eigenvalue weighted by Gasteiger charge is 2.11. The van der Waals surface area contributed by atoms with Gasteiger partial charge in [-0.2, -0.15) is 0 Å². The lowest BCUT2D eigenvalue weighted by Crippen LogP contribution is -2.26. The number of carbonyl (C=O) groups is 2. The molecule has 0 fully saturated rings. The van der Waals surface area contributed by atoms with Gasteiger partial charge in [-0.15, -0.1) is 12.4 Å². The molecule has 0 aliphatic rings. The second-order valence-corrected chi connectivity index (χ2v) is 4.06. The number of hydrogen-bond donors (Lipinski definition) is 3. The molecule has 0 spiro atoms. The molecule has 0 aromatic heterocycles. The van der Waals surface area contributed by atoms with Gasteiger partial charge in [0.2, 0.25) is 5.91 Å². The standard InChI is InChI=1S/C13H19N3O2.ClH/c1-3-15-13(18)10-4-6-11(7-5-10)16-12(17)9(2)8-14;/h4-7,9H,3,8,14H2,1-2H3,(H,15,18)(H,16,17);1H. The van der Waals surface area contributed by atoms with Crippen LogP contribution in [-0.4, -0.2) is 24.9 Å². The van der Waals surface area contributed by atoms with Gasteiger partial charge in [0.15, 0.2) is 0 Å². The van der Waals surface area contributed by atoms with Crippen molar-refractivity contribution >= 4 is 29.9 Å². The predicted molar refractivity (Wildman–Crippen MR) is 78.5 cm³/mol. The molecule has 1 atom stereocenters. The van der Waals surface area contributed by atoms with E-state index >= 15 is 0 Å². The average molecular weight is 286 g/mol. The molecule has 0 bridgehead atoms. The molecule has 1 unspecified atom stereocenters. The number of halogens is 1. The lowest BCUT2D eigenvalue weighted by atomic mass is 10.1. The van der Waals surface area contributed by atoms with E-state index in [4.69, 9.17) is 5.73 Å². The first-order valence-electron chi connectivity index (χ1n) is 5.97. The maximum Gasteiger partial charge on any atom is 0.251 e. The smallest absolute Gasteiger partial charge is 0.251 e. The lowest BCUT2D eigenvalue weighted by Gasteiger charge is -2.10. The molecular formula is C13H20ClN3O2. The Balaban J connectivity index is 0.00000324. The maximum atomic E-state index is 11.6. The number of anilines is 1. The Morgan fingerprint density at radius 1 is 1.26 bits per heavy atom. The third kappa shape index (κ3) is 5.28. The van der Waals surface area contributed by atoms with Gasteiger partial charge in [-0.3, -0.25) is 9.59 Å². The van der Waals surface area contributed by atoms with Crippen LogP contribution in [0.1, 0.15) is 24.2 Å². The van der Waals surface area contributed by atoms with Crippen molar-refractivity contribution in [3.63, 3.8) is 0 Å². The van der Waals surface area contributed by atoms with Crippen molar-refractivity contribution in [3.05, 3.63) is 29.8 Å². The largest absolute Gasteiger partial charge is 0.352 e. The summed E-state index contributed by atoms with van der Waals surface area (Å²) in [4.78, 5) is 23.1. The highest BCUT2D eigenvalue weighted by molar-refractivity contribution is 5.96. The second-order valence-electron chi connectivity index (χ2n) is 4.06. The number of hydrogen-bond acceptors (Lipinski definition) is 3. The minimum absolute atomic E-state index is 0. The Kier molecular flexibility index (Phi) is 7.79. The minimum Gasteiger partial charge on any atom is -0.352 e. The maximum absolute atomic E-state index is 11.6. The van der Waals surface area contributed by atoms with Crippen LogP contribution in [0.3, 0.4) is 0 Å². The zero-order chi connectivity index (χ0) is 13.5. The van der Waals surface area contributed by atoms with Gasteiger partial charge in [-0.25, -0.2) is 0 Å². The summed E-state index contributed by atoms with van der Waals surface area (Å²) < 4.78 is 0. The van der Waals surface area contributed by atoms with Crippen molar-refractivity contribution in [2.24, 2.45) is 11.7 Å². The van der Waals surface area contributed by atoms with E-state index in [1.54, 1.807) is 31.2 Å². The van der Waals surface area contributed by atoms with Crippen LogP contribution < -0.4 is 16.4 Å². The molecule has 106 valence electrons. The van der Waals surface area contributed by atoms with Gasteiger partial charge in [0.05, 0.1) is 0 Å². The quantitative estimate of drug-likeness (QED) is 0.764. The fourth-order valence-corrected chi connectivity index (χ4v) is 1.34. The summed E-state index contributed by atoms with van der Waals surface area (Å²) >= 11 is 0. The number of nitrogens with one attached hydrogen (secondary N) is 2. The van der Waals surface area contributed by atoms with Crippen molar-refractivity contribution < 1.29 is 9.59 Å². The van der Waals surface area contributed by atoms with Crippen molar-refractivity contribution in [2.75, 3.05) is 18.4 Å². The third-order valence-corrected chi connectivity index (χ3v) is 2.55. The van der Waals surface area contributed by atoms with E-state index in [1.807, 2.05) is 6.92 Å². The predicted octanol–water partition coefficient (Wildman–Crippen LogP) is 1.39. The molecule has 19 heavy (non-hydrogen) atoms. The lowest BCUT2D eigenvalue weighted by molar-refractivity contribution is -0.119. The Morgan fingerprint density at radius 2 is 1.84 bits per heavy atom. The molecule has 5 nitrogen and oxygen atoms in total. The molecule has 0 aliphatic heterocycles. The number of amides is 2. The van der Waals surface area contributed by atoms with Crippen molar-refractivity contribution in [3.8, 4) is 0 Å². The molecule has 2 amide bonds. The van der Waals surface area contributed by atoms with Gasteiger partial charge >= 0.3 is 0 Å². The van der Waals surface area contributed by atoms with Gasteiger partial charge in [-0.05, 0) is 31.2 Å². The Hall–Kier alpha value is -1.59. The summed E-state index contributed by atoms with van der Waals surface area (Å²) in [7, 11) is 0. The molecule has 0 saturated carbocycles. The summed E-state index contributed by atoms with van der Waals surface area (Å²) in [6.07, 6.45) is 0. The second kappa shape index (κ2) is 8.50. The number of rotatable bonds is 5. The molecule has 1 aromatic rings. The topological polar surface area (TPSA) is 84.2 Å². The molecule has 0 heterocycles. The summed E-state index contributed by atoms with van der Waals surface area (Å²) in [5.41, 5.74) is 6.64. The van der Waals surface area contributed by atoms with Crippen LogP contribution in [0.2, 0.25) is 0 Å². The molecule has 6 heteroatoms. The van der Waals surface area contributed by atoms with Gasteiger partial charge in [0, 0.05) is 30.3 Å². The van der Waals surface area contributed by atoms with Crippen LogP contribution >= 0.6 is 12.4 Å². The molecule has 0 saturated heterocycles. The first-order chi connectivity index (χ1) is 8.58. The van der Waals surface area contributed by atoms with Gasteiger partial charge in [-0.1, -0.05) is 6.92 Å². The minimum atomic E-state index is -0.229. The Morgan fingerprint density at radius 3 is 2.32 bits per heavy atom. The fraction of sp³-hybridized carbons (Fsp3) is 0.385. The van der Waals surface area contributed by atoms with Crippen LogP contribution in [0.25, 0.3) is 0 Å². The van der Waals surface area contributed by atoms with Crippen molar-refractivity contribution in [1.82, 2.24) is 5.32 Å². The zero-order valence-corrected chi connectivity index (χ0v) is 11.9. The average Bonchev–Trinajstić information content (AvgIpc) is 2.38. The van der Waals surface area contributed by atoms with Crippen LogP contribution in [0.5, 0.6) is 0 Å². The van der Waals surface area contributed by atoms with E-state index in [0.29, 0.717) is 24.3 Å². The molecule has 4 N–H and O–H groups in total. The SMILES string of the molecule is CCNC(=O)c1ccc(NC(=O)C(C)CN)cc1.Cl. The van der Waals surface area contributed by atoms with Gasteiger partial charge in [0.25, 0.3) is 5.91 Å². The Labute approximate surface area is 119 Å². The highest BCUT2D eigenvalue weighted by Crippen LogP contribution is 2.10. The summed E-state index contributed by atoms with van der Waals surface area (Å²) in [6.45, 7) is 4.52. The first-order valence-corrected chi connectivity index (χ1v) is 5.97. The normalized spacial score (nSPS) is 11.1. The zero-order valence-electron chi connectivity index (χ0n) is 11.1. The highest BCUT2D eigenvalue weighted by atomic mass is 35.5. The Bertz CT molecular complexity index is 420. The van der Waals surface area contributed by atoms with E-state index in [1.165, 1.54) is 0 Å². The summed E-state index contributed by atoms with van der Waals surface area (Å²) in [5, 5.41) is 5.45. The van der Waals surface area contributed by atoms with Crippen LogP contribution in [0.4, 0.5) is 5.69 Å². The van der Waals surface area contributed by atoms with Crippen molar-refractivity contribution in [2.45, 2.75) is 13.8 Å².